The van der Waals surface area contributed by atoms with Crippen LogP contribution in [0.1, 0.15) is 31.2 Å². The zero-order valence-electron chi connectivity index (χ0n) is 14.8. The van der Waals surface area contributed by atoms with Gasteiger partial charge in [-0.2, -0.15) is 0 Å². The van der Waals surface area contributed by atoms with E-state index < -0.39 is 11.6 Å². The highest BCUT2D eigenvalue weighted by Gasteiger charge is 2.25. The third-order valence-electron chi connectivity index (χ3n) is 4.71. The first-order valence-corrected chi connectivity index (χ1v) is 8.76. The fourth-order valence-corrected chi connectivity index (χ4v) is 3.21. The average molecular weight is 397 g/mol. The summed E-state index contributed by atoms with van der Waals surface area (Å²) in [6.07, 6.45) is 3.41. The van der Waals surface area contributed by atoms with Crippen molar-refractivity contribution in [3.8, 4) is 11.5 Å². The van der Waals surface area contributed by atoms with Gasteiger partial charge in [-0.3, -0.25) is 4.79 Å². The number of para-hydroxylation sites is 1. The Morgan fingerprint density at radius 3 is 2.52 bits per heavy atom. The first-order valence-electron chi connectivity index (χ1n) is 8.76. The Hall–Kier alpha value is -2.18. The lowest BCUT2D eigenvalue weighted by molar-refractivity contribution is -0.122. The van der Waals surface area contributed by atoms with Crippen molar-refractivity contribution in [2.45, 2.75) is 38.3 Å². The highest BCUT2D eigenvalue weighted by molar-refractivity contribution is 5.85. The number of carbonyl (C=O) groups excluding carboxylic acids is 1. The number of benzene rings is 2. The summed E-state index contributed by atoms with van der Waals surface area (Å²) in [6.45, 7) is 0.220. The van der Waals surface area contributed by atoms with Crippen molar-refractivity contribution in [3.63, 3.8) is 0 Å². The number of ether oxygens (including phenoxy) is 1. The minimum absolute atomic E-state index is 0. The highest BCUT2D eigenvalue weighted by Crippen LogP contribution is 2.28. The van der Waals surface area contributed by atoms with Crippen molar-refractivity contribution in [1.82, 2.24) is 5.32 Å². The van der Waals surface area contributed by atoms with Crippen LogP contribution in [0, 0.1) is 17.6 Å². The molecule has 0 heterocycles. The van der Waals surface area contributed by atoms with Crippen LogP contribution < -0.4 is 15.8 Å². The van der Waals surface area contributed by atoms with Gasteiger partial charge in [0.1, 0.15) is 0 Å². The topological polar surface area (TPSA) is 64.4 Å². The van der Waals surface area contributed by atoms with E-state index in [0.29, 0.717) is 12.0 Å². The van der Waals surface area contributed by atoms with E-state index in [1.807, 2.05) is 0 Å². The number of halogens is 3. The summed E-state index contributed by atoms with van der Waals surface area (Å²) in [6, 6.07) is 10.2. The van der Waals surface area contributed by atoms with Gasteiger partial charge in [-0.1, -0.05) is 24.6 Å². The second-order valence-electron chi connectivity index (χ2n) is 6.63. The number of hydrogen-bond acceptors (Lipinski definition) is 3. The summed E-state index contributed by atoms with van der Waals surface area (Å²) in [5.74, 6) is -1.14. The third kappa shape index (κ3) is 5.65. The Labute approximate surface area is 163 Å². The second kappa shape index (κ2) is 9.67. The van der Waals surface area contributed by atoms with E-state index in [-0.39, 0.29) is 48.3 Å². The molecule has 27 heavy (non-hydrogen) atoms. The van der Waals surface area contributed by atoms with Crippen LogP contribution in [-0.2, 0) is 11.3 Å². The molecule has 0 unspecified atom stereocenters. The molecule has 2 aromatic rings. The molecular formula is C20H23ClF2N2O2. The van der Waals surface area contributed by atoms with E-state index in [1.165, 1.54) is 30.3 Å². The number of nitrogens with one attached hydrogen (secondary N) is 1. The van der Waals surface area contributed by atoms with E-state index >= 15 is 0 Å². The van der Waals surface area contributed by atoms with Crippen molar-refractivity contribution in [2.24, 2.45) is 11.7 Å². The summed E-state index contributed by atoms with van der Waals surface area (Å²) in [4.78, 5) is 12.0. The molecule has 2 atom stereocenters. The van der Waals surface area contributed by atoms with E-state index in [2.05, 4.69) is 5.32 Å². The largest absolute Gasteiger partial charge is 0.451 e. The normalized spacial score (nSPS) is 18.6. The number of carbonyl (C=O) groups is 1. The Kier molecular flexibility index (Phi) is 7.56. The molecule has 0 spiro atoms. The third-order valence-corrected chi connectivity index (χ3v) is 4.71. The zero-order chi connectivity index (χ0) is 18.5. The maximum absolute atomic E-state index is 14.2. The van der Waals surface area contributed by atoms with Crippen LogP contribution in [0.4, 0.5) is 8.78 Å². The Morgan fingerprint density at radius 2 is 1.85 bits per heavy atom. The van der Waals surface area contributed by atoms with Gasteiger partial charge in [-0.05, 0) is 48.6 Å². The van der Waals surface area contributed by atoms with Gasteiger partial charge in [-0.15, -0.1) is 12.4 Å². The van der Waals surface area contributed by atoms with E-state index in [1.54, 1.807) is 12.1 Å². The highest BCUT2D eigenvalue weighted by atomic mass is 35.5. The predicted molar refractivity (Wildman–Crippen MR) is 102 cm³/mol. The van der Waals surface area contributed by atoms with Gasteiger partial charge >= 0.3 is 0 Å². The van der Waals surface area contributed by atoms with Crippen LogP contribution in [0.25, 0.3) is 0 Å². The molecule has 1 aliphatic carbocycles. The number of hydrogen-bond donors (Lipinski definition) is 2. The molecule has 1 saturated carbocycles. The molecule has 2 aromatic carbocycles. The molecular weight excluding hydrogens is 374 g/mol. The Morgan fingerprint density at radius 1 is 1.11 bits per heavy atom. The molecule has 146 valence electrons. The molecule has 0 radical (unpaired) electrons. The Bertz CT molecular complexity index is 788. The Balaban J connectivity index is 0.00000261. The fourth-order valence-electron chi connectivity index (χ4n) is 3.21. The standard InChI is InChI=1S/C20H22F2N2O2.ClH/c21-15-5-1-2-7-18(15)26-19-9-8-13(10-16(19)22)12-24-20(25)11-14-4-3-6-17(14)23;/h1-2,5,7-10,14,17H,3-4,6,11-12,23H2,(H,24,25);1H/t14-,17+;/m0./s1. The quantitative estimate of drug-likeness (QED) is 0.764. The van der Waals surface area contributed by atoms with E-state index in [4.69, 9.17) is 10.5 Å². The van der Waals surface area contributed by atoms with Crippen LogP contribution in [-0.4, -0.2) is 11.9 Å². The lowest BCUT2D eigenvalue weighted by atomic mass is 10.00. The molecule has 1 amide bonds. The van der Waals surface area contributed by atoms with Crippen molar-refractivity contribution in [3.05, 3.63) is 59.7 Å². The van der Waals surface area contributed by atoms with Crippen LogP contribution in [0.5, 0.6) is 11.5 Å². The summed E-state index contributed by atoms with van der Waals surface area (Å²) in [5.41, 5.74) is 6.58. The van der Waals surface area contributed by atoms with Crippen molar-refractivity contribution >= 4 is 18.3 Å². The smallest absolute Gasteiger partial charge is 0.220 e. The SMILES string of the molecule is Cl.N[C@@H]1CCC[C@H]1CC(=O)NCc1ccc(Oc2ccccc2F)c(F)c1. The lowest BCUT2D eigenvalue weighted by Gasteiger charge is -2.15. The van der Waals surface area contributed by atoms with Gasteiger partial charge < -0.3 is 15.8 Å². The van der Waals surface area contributed by atoms with Crippen LogP contribution in [0.15, 0.2) is 42.5 Å². The molecule has 4 nitrogen and oxygen atoms in total. The summed E-state index contributed by atoms with van der Waals surface area (Å²) >= 11 is 0. The molecule has 0 saturated heterocycles. The molecule has 1 aliphatic rings. The maximum Gasteiger partial charge on any atom is 0.220 e. The van der Waals surface area contributed by atoms with Gasteiger partial charge in [0.2, 0.25) is 5.91 Å². The van der Waals surface area contributed by atoms with Gasteiger partial charge in [0, 0.05) is 19.0 Å². The fraction of sp³-hybridized carbons (Fsp3) is 0.350. The average Bonchev–Trinajstić information content (AvgIpc) is 3.02. The van der Waals surface area contributed by atoms with Crippen LogP contribution in [0.3, 0.4) is 0 Å². The van der Waals surface area contributed by atoms with Gasteiger partial charge in [0.05, 0.1) is 0 Å². The summed E-state index contributed by atoms with van der Waals surface area (Å²) in [7, 11) is 0. The molecule has 3 N–H and O–H groups in total. The van der Waals surface area contributed by atoms with Crippen LogP contribution in [0.2, 0.25) is 0 Å². The summed E-state index contributed by atoms with van der Waals surface area (Å²) in [5, 5.41) is 2.79. The molecule has 7 heteroatoms. The van der Waals surface area contributed by atoms with E-state index in [9.17, 15) is 13.6 Å². The van der Waals surface area contributed by atoms with Gasteiger partial charge in [-0.25, -0.2) is 8.78 Å². The zero-order valence-corrected chi connectivity index (χ0v) is 15.6. The minimum atomic E-state index is -0.613. The number of rotatable bonds is 6. The molecule has 0 bridgehead atoms. The monoisotopic (exact) mass is 396 g/mol. The van der Waals surface area contributed by atoms with Crippen LogP contribution >= 0.6 is 12.4 Å². The first kappa shape index (κ1) is 21.1. The van der Waals surface area contributed by atoms with Crippen molar-refractivity contribution in [1.29, 1.82) is 0 Å². The van der Waals surface area contributed by atoms with Gasteiger partial charge in [0.15, 0.2) is 23.1 Å². The van der Waals surface area contributed by atoms with E-state index in [0.717, 1.165) is 19.3 Å². The number of amides is 1. The molecule has 3 rings (SSSR count). The second-order valence-corrected chi connectivity index (χ2v) is 6.63. The lowest BCUT2D eigenvalue weighted by Crippen LogP contribution is -2.31. The minimum Gasteiger partial charge on any atom is -0.451 e. The predicted octanol–water partition coefficient (Wildman–Crippen LogP) is 4.31. The molecule has 0 aromatic heterocycles. The molecule has 1 fully saturated rings. The molecule has 0 aliphatic heterocycles. The maximum atomic E-state index is 14.2. The van der Waals surface area contributed by atoms with Gasteiger partial charge in [0.25, 0.3) is 0 Å². The van der Waals surface area contributed by atoms with Crippen molar-refractivity contribution in [2.75, 3.05) is 0 Å². The van der Waals surface area contributed by atoms with Crippen molar-refractivity contribution < 1.29 is 18.3 Å². The number of nitrogens with two attached hydrogens (primary N) is 1. The summed E-state index contributed by atoms with van der Waals surface area (Å²) < 4.78 is 33.1. The first-order chi connectivity index (χ1) is 12.5.